The van der Waals surface area contributed by atoms with Gasteiger partial charge in [-0.2, -0.15) is 0 Å². The van der Waals surface area contributed by atoms with Crippen molar-refractivity contribution in [1.82, 2.24) is 9.71 Å². The van der Waals surface area contributed by atoms with E-state index in [4.69, 9.17) is 9.47 Å². The van der Waals surface area contributed by atoms with Gasteiger partial charge in [0.2, 0.25) is 10.0 Å². The molecule has 0 saturated carbocycles. The van der Waals surface area contributed by atoms with Gasteiger partial charge in [0.15, 0.2) is 0 Å². The first-order valence-electron chi connectivity index (χ1n) is 9.24. The smallest absolute Gasteiger partial charge is 0.338 e. The molecule has 0 unspecified atom stereocenters. The van der Waals surface area contributed by atoms with Crippen molar-refractivity contribution in [2.24, 2.45) is 0 Å². The highest BCUT2D eigenvalue weighted by Gasteiger charge is 2.18. The lowest BCUT2D eigenvalue weighted by Crippen LogP contribution is -2.26. The number of nitrogens with zero attached hydrogens (tertiary/aromatic N) is 1. The van der Waals surface area contributed by atoms with Gasteiger partial charge in [-0.3, -0.25) is 4.98 Å². The van der Waals surface area contributed by atoms with E-state index in [1.54, 1.807) is 31.5 Å². The van der Waals surface area contributed by atoms with E-state index in [2.05, 4.69) is 9.71 Å². The molecule has 2 aromatic carbocycles. The van der Waals surface area contributed by atoms with E-state index >= 15 is 0 Å². The third kappa shape index (κ3) is 5.43. The fraction of sp³-hybridized carbons (Fsp3) is 0.182. The van der Waals surface area contributed by atoms with E-state index < -0.39 is 16.0 Å². The Kier molecular flexibility index (Phi) is 6.81. The maximum atomic E-state index is 12.6. The molecule has 3 rings (SSSR count). The zero-order valence-corrected chi connectivity index (χ0v) is 17.5. The van der Waals surface area contributed by atoms with Crippen molar-refractivity contribution in [2.45, 2.75) is 18.2 Å². The zero-order valence-electron chi connectivity index (χ0n) is 16.7. The molecule has 0 aliphatic heterocycles. The first kappa shape index (κ1) is 21.5. The van der Waals surface area contributed by atoms with E-state index in [9.17, 15) is 13.2 Å². The highest BCUT2D eigenvalue weighted by atomic mass is 32.2. The summed E-state index contributed by atoms with van der Waals surface area (Å²) in [5, 5.41) is 0. The van der Waals surface area contributed by atoms with Crippen molar-refractivity contribution in [2.75, 3.05) is 13.7 Å². The number of benzene rings is 2. The number of aromatic nitrogens is 1. The number of carbonyl (C=O) groups excluding carboxylic acids is 1. The number of hydrogen-bond acceptors (Lipinski definition) is 6. The van der Waals surface area contributed by atoms with Crippen LogP contribution in [-0.2, 0) is 21.2 Å². The molecular formula is C22H22N2O5S. The molecule has 0 radical (unpaired) electrons. The quantitative estimate of drug-likeness (QED) is 0.554. The normalized spacial score (nSPS) is 11.1. The number of aryl methyl sites for hydroxylation is 1. The summed E-state index contributed by atoms with van der Waals surface area (Å²) in [5.74, 6) is 0.739. The van der Waals surface area contributed by atoms with E-state index in [0.29, 0.717) is 23.5 Å². The highest BCUT2D eigenvalue weighted by molar-refractivity contribution is 7.89. The van der Waals surface area contributed by atoms with Gasteiger partial charge in [0.1, 0.15) is 11.5 Å². The van der Waals surface area contributed by atoms with Gasteiger partial charge in [0.05, 0.1) is 23.8 Å². The Morgan fingerprint density at radius 3 is 2.50 bits per heavy atom. The van der Waals surface area contributed by atoms with Gasteiger partial charge < -0.3 is 9.47 Å². The molecule has 7 nitrogen and oxygen atoms in total. The lowest BCUT2D eigenvalue weighted by Gasteiger charge is -2.10. The minimum absolute atomic E-state index is 0.0220. The molecule has 0 aliphatic carbocycles. The molecular weight excluding hydrogens is 404 g/mol. The Hall–Kier alpha value is -3.23. The van der Waals surface area contributed by atoms with E-state index in [0.717, 1.165) is 5.56 Å². The van der Waals surface area contributed by atoms with Gasteiger partial charge >= 0.3 is 5.97 Å². The largest absolute Gasteiger partial charge is 0.465 e. The Morgan fingerprint density at radius 1 is 1.07 bits per heavy atom. The Bertz CT molecular complexity index is 1110. The van der Waals surface area contributed by atoms with Crippen molar-refractivity contribution in [3.63, 3.8) is 0 Å². The topological polar surface area (TPSA) is 94.6 Å². The Labute approximate surface area is 175 Å². The lowest BCUT2D eigenvalue weighted by molar-refractivity contribution is 0.0599. The predicted molar refractivity (Wildman–Crippen MR) is 112 cm³/mol. The molecule has 0 fully saturated rings. The number of rotatable bonds is 8. The fourth-order valence-corrected chi connectivity index (χ4v) is 3.84. The standard InChI is InChI=1S/C22H22N2O5S/c1-16-5-10-20(14-21(16)22(25)28-2)30(26,27)24-13-11-17-6-8-18(9-7-17)29-19-4-3-12-23-15-19/h3-10,12,14-15,24H,11,13H2,1-2H3. The Morgan fingerprint density at radius 2 is 1.83 bits per heavy atom. The minimum Gasteiger partial charge on any atom is -0.465 e. The third-order valence-electron chi connectivity index (χ3n) is 4.42. The van der Waals surface area contributed by atoms with Crippen molar-refractivity contribution < 1.29 is 22.7 Å². The number of pyridine rings is 1. The van der Waals surface area contributed by atoms with Crippen LogP contribution in [0.15, 0.2) is 71.9 Å². The van der Waals surface area contributed by atoms with Crippen molar-refractivity contribution in [3.05, 3.63) is 83.7 Å². The average Bonchev–Trinajstić information content (AvgIpc) is 2.75. The third-order valence-corrected chi connectivity index (χ3v) is 5.88. The minimum atomic E-state index is -3.75. The summed E-state index contributed by atoms with van der Waals surface area (Å²) < 4.78 is 38.1. The number of nitrogens with one attached hydrogen (secondary N) is 1. The van der Waals surface area contributed by atoms with Crippen LogP contribution in [-0.4, -0.2) is 33.0 Å². The molecule has 156 valence electrons. The molecule has 1 aromatic heterocycles. The molecule has 0 amide bonds. The summed E-state index contributed by atoms with van der Waals surface area (Å²) in [7, 11) is -2.49. The molecule has 3 aromatic rings. The van der Waals surface area contributed by atoms with Crippen LogP contribution in [0.1, 0.15) is 21.5 Å². The number of sulfonamides is 1. The van der Waals surface area contributed by atoms with Crippen LogP contribution < -0.4 is 9.46 Å². The number of ether oxygens (including phenoxy) is 2. The van der Waals surface area contributed by atoms with Gasteiger partial charge in [-0.05, 0) is 60.9 Å². The van der Waals surface area contributed by atoms with Crippen LogP contribution in [0.2, 0.25) is 0 Å². The maximum Gasteiger partial charge on any atom is 0.338 e. The summed E-state index contributed by atoms with van der Waals surface area (Å²) in [6.45, 7) is 1.93. The van der Waals surface area contributed by atoms with Crippen molar-refractivity contribution in [3.8, 4) is 11.5 Å². The Balaban J connectivity index is 1.60. The molecule has 1 heterocycles. The summed E-state index contributed by atoms with van der Waals surface area (Å²) in [6.07, 6.45) is 3.80. The van der Waals surface area contributed by atoms with E-state index in [1.165, 1.54) is 19.2 Å². The lowest BCUT2D eigenvalue weighted by atomic mass is 10.1. The second kappa shape index (κ2) is 9.51. The highest BCUT2D eigenvalue weighted by Crippen LogP contribution is 2.21. The van der Waals surface area contributed by atoms with Gasteiger partial charge in [-0.1, -0.05) is 18.2 Å². The predicted octanol–water partition coefficient (Wildman–Crippen LogP) is 3.49. The number of carbonyl (C=O) groups is 1. The van der Waals surface area contributed by atoms with E-state index in [-0.39, 0.29) is 17.0 Å². The first-order chi connectivity index (χ1) is 14.4. The van der Waals surface area contributed by atoms with Crippen molar-refractivity contribution >= 4 is 16.0 Å². The number of hydrogen-bond donors (Lipinski definition) is 1. The molecule has 0 spiro atoms. The second-order valence-electron chi connectivity index (χ2n) is 6.55. The van der Waals surface area contributed by atoms with Crippen LogP contribution in [0, 0.1) is 6.92 Å². The summed E-state index contributed by atoms with van der Waals surface area (Å²) in [6, 6.07) is 15.4. The van der Waals surface area contributed by atoms with Crippen molar-refractivity contribution in [1.29, 1.82) is 0 Å². The molecule has 0 atom stereocenters. The fourth-order valence-electron chi connectivity index (χ4n) is 2.78. The second-order valence-corrected chi connectivity index (χ2v) is 8.32. The number of esters is 1. The molecule has 0 aliphatic rings. The van der Waals surface area contributed by atoms with Gasteiger partial charge in [0.25, 0.3) is 0 Å². The molecule has 1 N–H and O–H groups in total. The number of methoxy groups -OCH3 is 1. The van der Waals surface area contributed by atoms with Gasteiger partial charge in [-0.15, -0.1) is 0 Å². The van der Waals surface area contributed by atoms with Crippen LogP contribution >= 0.6 is 0 Å². The van der Waals surface area contributed by atoms with Crippen LogP contribution in [0.4, 0.5) is 0 Å². The molecule has 8 heteroatoms. The summed E-state index contributed by atoms with van der Waals surface area (Å²) in [5.41, 5.74) is 1.83. The van der Waals surface area contributed by atoms with Gasteiger partial charge in [0, 0.05) is 12.7 Å². The molecule has 0 saturated heterocycles. The van der Waals surface area contributed by atoms with Crippen LogP contribution in [0.25, 0.3) is 0 Å². The molecule has 0 bridgehead atoms. The van der Waals surface area contributed by atoms with Crippen LogP contribution in [0.5, 0.6) is 11.5 Å². The first-order valence-corrected chi connectivity index (χ1v) is 10.7. The molecule has 30 heavy (non-hydrogen) atoms. The van der Waals surface area contributed by atoms with E-state index in [1.807, 2.05) is 30.3 Å². The average molecular weight is 426 g/mol. The SMILES string of the molecule is COC(=O)c1cc(S(=O)(=O)NCCc2ccc(Oc3cccnc3)cc2)ccc1C. The summed E-state index contributed by atoms with van der Waals surface area (Å²) in [4.78, 5) is 15.8. The van der Waals surface area contributed by atoms with Gasteiger partial charge in [-0.25, -0.2) is 17.9 Å². The van der Waals surface area contributed by atoms with Crippen LogP contribution in [0.3, 0.4) is 0 Å². The summed E-state index contributed by atoms with van der Waals surface area (Å²) >= 11 is 0. The maximum absolute atomic E-state index is 12.6. The monoisotopic (exact) mass is 426 g/mol. The zero-order chi connectivity index (χ0) is 21.6.